The summed E-state index contributed by atoms with van der Waals surface area (Å²) < 4.78 is 0. The monoisotopic (exact) mass is 462 g/mol. The highest BCUT2D eigenvalue weighted by atomic mass is 35.5. The van der Waals surface area contributed by atoms with Crippen molar-refractivity contribution in [2.75, 3.05) is 12.3 Å². The number of aliphatic carboxylic acids is 1. The van der Waals surface area contributed by atoms with Gasteiger partial charge in [-0.3, -0.25) is 9.69 Å². The van der Waals surface area contributed by atoms with E-state index in [4.69, 9.17) is 11.6 Å². The molecule has 2 aromatic rings. The van der Waals surface area contributed by atoms with Crippen LogP contribution in [0, 0.1) is 0 Å². The maximum atomic E-state index is 13.1. The lowest BCUT2D eigenvalue weighted by Gasteiger charge is -2.24. The van der Waals surface area contributed by atoms with E-state index >= 15 is 0 Å². The number of amides is 3. The minimum Gasteiger partial charge on any atom is -0.480 e. The fourth-order valence-electron chi connectivity index (χ4n) is 2.88. The third-order valence-corrected chi connectivity index (χ3v) is 5.95. The Morgan fingerprint density at radius 1 is 1.13 bits per heavy atom. The number of thioether (sulfide) groups is 1. The highest BCUT2D eigenvalue weighted by Crippen LogP contribution is 2.28. The zero-order valence-electron chi connectivity index (χ0n) is 17.8. The van der Waals surface area contributed by atoms with Crippen LogP contribution in [0.2, 0.25) is 5.02 Å². The van der Waals surface area contributed by atoms with Gasteiger partial charge in [0.15, 0.2) is 0 Å². The summed E-state index contributed by atoms with van der Waals surface area (Å²) in [5, 5.41) is 12.7. The molecule has 0 aliphatic carbocycles. The standard InChI is InChI=1S/C23H27ClN2O4S/c1-4-12-26(23(30)25-20(22(28)29)14-31-15(2)3)21(27)17-9-7-8-16(13-17)18-10-5-6-11-19(18)24/h5-11,13,15,20H,4,12,14H2,1-3H3,(H,25,30)(H,28,29)/t20-/m0/s1. The number of urea groups is 1. The number of carbonyl (C=O) groups is 3. The Bertz CT molecular complexity index is 935. The van der Waals surface area contributed by atoms with Crippen LogP contribution in [0.3, 0.4) is 0 Å². The molecule has 6 nitrogen and oxygen atoms in total. The SMILES string of the molecule is CCCN(C(=O)N[C@@H](CSC(C)C)C(=O)O)C(=O)c1cccc(-c2ccccc2Cl)c1. The van der Waals surface area contributed by atoms with Gasteiger partial charge in [0.1, 0.15) is 6.04 Å². The van der Waals surface area contributed by atoms with Crippen molar-refractivity contribution in [1.82, 2.24) is 10.2 Å². The van der Waals surface area contributed by atoms with Crippen LogP contribution in [-0.4, -0.2) is 51.5 Å². The van der Waals surface area contributed by atoms with Crippen molar-refractivity contribution in [2.45, 2.75) is 38.5 Å². The second-order valence-corrected chi connectivity index (χ2v) is 9.26. The molecule has 1 atom stereocenters. The number of carbonyl (C=O) groups excluding carboxylic acids is 2. The van der Waals surface area contributed by atoms with E-state index in [2.05, 4.69) is 5.32 Å². The lowest BCUT2D eigenvalue weighted by molar-refractivity contribution is -0.138. The average Bonchev–Trinajstić information content (AvgIpc) is 2.74. The number of hydrogen-bond acceptors (Lipinski definition) is 4. The van der Waals surface area contributed by atoms with Gasteiger partial charge in [0.25, 0.3) is 5.91 Å². The molecule has 2 N–H and O–H groups in total. The van der Waals surface area contributed by atoms with E-state index in [0.29, 0.717) is 17.0 Å². The Morgan fingerprint density at radius 3 is 2.45 bits per heavy atom. The minimum atomic E-state index is -1.13. The molecule has 0 fully saturated rings. The van der Waals surface area contributed by atoms with Crippen LogP contribution in [0.4, 0.5) is 4.79 Å². The molecule has 0 bridgehead atoms. The lowest BCUT2D eigenvalue weighted by atomic mass is 10.0. The molecule has 0 aliphatic rings. The molecule has 31 heavy (non-hydrogen) atoms. The van der Waals surface area contributed by atoms with Crippen LogP contribution in [0.25, 0.3) is 11.1 Å². The third-order valence-electron chi connectivity index (χ3n) is 4.42. The predicted molar refractivity (Wildman–Crippen MR) is 126 cm³/mol. The van der Waals surface area contributed by atoms with Crippen molar-refractivity contribution in [1.29, 1.82) is 0 Å². The van der Waals surface area contributed by atoms with Gasteiger partial charge in [0.05, 0.1) is 0 Å². The smallest absolute Gasteiger partial charge is 0.327 e. The van der Waals surface area contributed by atoms with Gasteiger partial charge in [-0.05, 0) is 35.4 Å². The normalized spacial score (nSPS) is 11.8. The molecule has 0 spiro atoms. The molecule has 2 aromatic carbocycles. The number of benzene rings is 2. The fourth-order valence-corrected chi connectivity index (χ4v) is 3.93. The van der Waals surface area contributed by atoms with Crippen LogP contribution in [0.5, 0.6) is 0 Å². The first kappa shape index (κ1) is 24.8. The van der Waals surface area contributed by atoms with Crippen LogP contribution < -0.4 is 5.32 Å². The summed E-state index contributed by atoms with van der Waals surface area (Å²) in [6.45, 7) is 5.91. The van der Waals surface area contributed by atoms with E-state index in [1.54, 1.807) is 24.3 Å². The van der Waals surface area contributed by atoms with Crippen molar-refractivity contribution in [3.05, 3.63) is 59.1 Å². The molecule has 0 saturated carbocycles. The summed E-state index contributed by atoms with van der Waals surface area (Å²) >= 11 is 7.70. The quantitative estimate of drug-likeness (QED) is 0.537. The zero-order valence-corrected chi connectivity index (χ0v) is 19.4. The summed E-state index contributed by atoms with van der Waals surface area (Å²) in [5.41, 5.74) is 1.86. The predicted octanol–water partition coefficient (Wildman–Crippen LogP) is 5.16. The molecule has 8 heteroatoms. The molecule has 0 heterocycles. The summed E-state index contributed by atoms with van der Waals surface area (Å²) in [4.78, 5) is 38.6. The molecule has 0 saturated heterocycles. The Hall–Kier alpha value is -2.51. The molecule has 0 unspecified atom stereocenters. The van der Waals surface area contributed by atoms with Crippen molar-refractivity contribution in [2.24, 2.45) is 0 Å². The highest BCUT2D eigenvalue weighted by Gasteiger charge is 2.27. The number of imide groups is 1. The Balaban J connectivity index is 2.25. The topological polar surface area (TPSA) is 86.7 Å². The number of carboxylic acids is 1. The van der Waals surface area contributed by atoms with Gasteiger partial charge in [0, 0.05) is 28.4 Å². The van der Waals surface area contributed by atoms with Crippen molar-refractivity contribution < 1.29 is 19.5 Å². The first-order valence-corrected chi connectivity index (χ1v) is 11.5. The summed E-state index contributed by atoms with van der Waals surface area (Å²) in [7, 11) is 0. The largest absolute Gasteiger partial charge is 0.480 e. The van der Waals surface area contributed by atoms with Crippen LogP contribution in [-0.2, 0) is 4.79 Å². The first-order valence-electron chi connectivity index (χ1n) is 10.1. The van der Waals surface area contributed by atoms with E-state index in [1.165, 1.54) is 11.8 Å². The van der Waals surface area contributed by atoms with Gasteiger partial charge in [-0.15, -0.1) is 0 Å². The number of rotatable bonds is 9. The van der Waals surface area contributed by atoms with Gasteiger partial charge >= 0.3 is 12.0 Å². The van der Waals surface area contributed by atoms with E-state index in [-0.39, 0.29) is 17.5 Å². The maximum Gasteiger partial charge on any atom is 0.327 e. The molecule has 0 aliphatic heterocycles. The van der Waals surface area contributed by atoms with E-state index in [9.17, 15) is 19.5 Å². The third kappa shape index (κ3) is 7.01. The van der Waals surface area contributed by atoms with Gasteiger partial charge in [0.2, 0.25) is 0 Å². The summed E-state index contributed by atoms with van der Waals surface area (Å²) in [6.07, 6.45) is 0.543. The molecule has 0 aromatic heterocycles. The first-order chi connectivity index (χ1) is 14.7. The maximum absolute atomic E-state index is 13.1. The highest BCUT2D eigenvalue weighted by molar-refractivity contribution is 7.99. The Labute approximate surface area is 192 Å². The fraction of sp³-hybridized carbons (Fsp3) is 0.348. The second kappa shape index (κ2) is 11.8. The lowest BCUT2D eigenvalue weighted by Crippen LogP contribution is -2.51. The molecule has 0 radical (unpaired) electrons. The van der Waals surface area contributed by atoms with Crippen LogP contribution in [0.1, 0.15) is 37.6 Å². The molecular weight excluding hydrogens is 436 g/mol. The second-order valence-electron chi connectivity index (χ2n) is 7.24. The van der Waals surface area contributed by atoms with Gasteiger partial charge in [-0.25, -0.2) is 9.59 Å². The molecule has 166 valence electrons. The van der Waals surface area contributed by atoms with Crippen LogP contribution in [0.15, 0.2) is 48.5 Å². The number of nitrogens with one attached hydrogen (secondary N) is 1. The van der Waals surface area contributed by atoms with Crippen molar-refractivity contribution in [3.63, 3.8) is 0 Å². The number of carboxylic acid groups (broad SMARTS) is 1. The number of halogens is 1. The number of nitrogens with zero attached hydrogens (tertiary/aromatic N) is 1. The van der Waals surface area contributed by atoms with E-state index < -0.39 is 23.9 Å². The zero-order chi connectivity index (χ0) is 23.0. The van der Waals surface area contributed by atoms with Gasteiger partial charge in [-0.1, -0.05) is 62.7 Å². The van der Waals surface area contributed by atoms with Gasteiger partial charge in [-0.2, -0.15) is 11.8 Å². The average molecular weight is 463 g/mol. The van der Waals surface area contributed by atoms with Crippen molar-refractivity contribution in [3.8, 4) is 11.1 Å². The van der Waals surface area contributed by atoms with Crippen LogP contribution >= 0.6 is 23.4 Å². The van der Waals surface area contributed by atoms with Crippen molar-refractivity contribution >= 4 is 41.3 Å². The van der Waals surface area contributed by atoms with E-state index in [0.717, 1.165) is 16.0 Å². The minimum absolute atomic E-state index is 0.171. The Morgan fingerprint density at radius 2 is 1.84 bits per heavy atom. The van der Waals surface area contributed by atoms with Gasteiger partial charge < -0.3 is 10.4 Å². The summed E-state index contributed by atoms with van der Waals surface area (Å²) in [6, 6.07) is 12.4. The molecular formula is C23H27ClN2O4S. The number of hydrogen-bond donors (Lipinski definition) is 2. The van der Waals surface area contributed by atoms with E-state index in [1.807, 2.05) is 45.0 Å². The summed E-state index contributed by atoms with van der Waals surface area (Å²) in [5.74, 6) is -1.41. The molecule has 2 rings (SSSR count). The Kier molecular flexibility index (Phi) is 9.40. The molecule has 3 amide bonds.